The van der Waals surface area contributed by atoms with E-state index in [0.717, 1.165) is 10.6 Å². The van der Waals surface area contributed by atoms with Crippen LogP contribution in [0.3, 0.4) is 0 Å². The molecular weight excluding hydrogens is 284 g/mol. The Balaban J connectivity index is 1.78. The van der Waals surface area contributed by atoms with Crippen LogP contribution < -0.4 is 5.32 Å². The molecule has 2 heterocycles. The summed E-state index contributed by atoms with van der Waals surface area (Å²) in [6.45, 7) is 1.99. The highest BCUT2D eigenvalue weighted by atomic mass is 32.1. The third-order valence-electron chi connectivity index (χ3n) is 3.88. The van der Waals surface area contributed by atoms with Gasteiger partial charge >= 0.3 is 0 Å². The summed E-state index contributed by atoms with van der Waals surface area (Å²) in [6, 6.07) is 9.37. The first-order chi connectivity index (χ1) is 10.1. The van der Waals surface area contributed by atoms with E-state index < -0.39 is 0 Å². The van der Waals surface area contributed by atoms with Crippen LogP contribution in [-0.2, 0) is 0 Å². The minimum absolute atomic E-state index is 0.0647. The highest BCUT2D eigenvalue weighted by Gasteiger charge is 2.36. The molecule has 0 bridgehead atoms. The lowest BCUT2D eigenvalue weighted by atomic mass is 9.76. The van der Waals surface area contributed by atoms with Crippen LogP contribution in [0.5, 0.6) is 0 Å². The van der Waals surface area contributed by atoms with Crippen molar-refractivity contribution in [1.82, 2.24) is 10.3 Å². The number of rotatable bonds is 4. The number of aromatic nitrogens is 1. The smallest absolute Gasteiger partial charge is 0.261 e. The molecular formula is C16H18N2O2S. The highest BCUT2D eigenvalue weighted by molar-refractivity contribution is 7.13. The molecule has 1 aliphatic carbocycles. The highest BCUT2D eigenvalue weighted by Crippen LogP contribution is 2.37. The molecule has 2 aromatic heterocycles. The predicted molar refractivity (Wildman–Crippen MR) is 82.2 cm³/mol. The molecule has 2 N–H and O–H groups in total. The number of aliphatic hydroxyl groups excluding tert-OH is 1. The van der Waals surface area contributed by atoms with Gasteiger partial charge in [0.25, 0.3) is 5.91 Å². The van der Waals surface area contributed by atoms with Gasteiger partial charge in [-0.25, -0.2) is 0 Å². The van der Waals surface area contributed by atoms with Crippen molar-refractivity contribution in [2.45, 2.75) is 31.9 Å². The van der Waals surface area contributed by atoms with E-state index in [0.29, 0.717) is 17.7 Å². The van der Waals surface area contributed by atoms with E-state index in [4.69, 9.17) is 0 Å². The fourth-order valence-corrected chi connectivity index (χ4v) is 3.43. The van der Waals surface area contributed by atoms with E-state index in [1.807, 2.05) is 37.3 Å². The van der Waals surface area contributed by atoms with Crippen LogP contribution >= 0.6 is 11.3 Å². The Morgan fingerprint density at radius 2 is 2.19 bits per heavy atom. The van der Waals surface area contributed by atoms with Gasteiger partial charge in [-0.1, -0.05) is 6.07 Å². The van der Waals surface area contributed by atoms with Gasteiger partial charge < -0.3 is 10.4 Å². The maximum atomic E-state index is 12.4. The minimum Gasteiger partial charge on any atom is -0.393 e. The fourth-order valence-electron chi connectivity index (χ4n) is 2.66. The molecule has 2 aromatic rings. The zero-order valence-electron chi connectivity index (χ0n) is 11.8. The summed E-state index contributed by atoms with van der Waals surface area (Å²) in [6.07, 6.45) is 2.91. The summed E-state index contributed by atoms with van der Waals surface area (Å²) in [5.74, 6) is 0.185. The first-order valence-corrected chi connectivity index (χ1v) is 7.91. The number of nitrogens with zero attached hydrogens (tertiary/aromatic N) is 1. The molecule has 1 fully saturated rings. The lowest BCUT2D eigenvalue weighted by Gasteiger charge is -2.37. The lowest BCUT2D eigenvalue weighted by molar-refractivity contribution is 0.0228. The Bertz CT molecular complexity index is 620. The molecule has 1 saturated carbocycles. The Hall–Kier alpha value is -1.72. The van der Waals surface area contributed by atoms with Gasteiger partial charge in [0.1, 0.15) is 0 Å². The first-order valence-electron chi connectivity index (χ1n) is 7.10. The minimum atomic E-state index is -0.248. The number of aryl methyl sites for hydroxylation is 1. The molecule has 21 heavy (non-hydrogen) atoms. The van der Waals surface area contributed by atoms with Crippen molar-refractivity contribution in [2.24, 2.45) is 5.92 Å². The van der Waals surface area contributed by atoms with Gasteiger partial charge in [0.2, 0.25) is 0 Å². The number of hydrogen-bond donors (Lipinski definition) is 2. The van der Waals surface area contributed by atoms with Gasteiger partial charge in [-0.3, -0.25) is 9.78 Å². The molecule has 0 aromatic carbocycles. The topological polar surface area (TPSA) is 62.2 Å². The number of carbonyl (C=O) groups is 1. The van der Waals surface area contributed by atoms with E-state index in [9.17, 15) is 9.90 Å². The number of thiophene rings is 1. The van der Waals surface area contributed by atoms with E-state index in [2.05, 4.69) is 10.3 Å². The molecule has 0 unspecified atom stereocenters. The van der Waals surface area contributed by atoms with Crippen molar-refractivity contribution in [1.29, 1.82) is 0 Å². The SMILES string of the molecule is Cc1ccc(C(=O)N[C@@H](c2ccccn2)C2CC(O)C2)s1. The van der Waals surface area contributed by atoms with Crippen LogP contribution in [0.2, 0.25) is 0 Å². The molecule has 0 radical (unpaired) electrons. The van der Waals surface area contributed by atoms with E-state index in [1.165, 1.54) is 11.3 Å². The number of pyridine rings is 1. The van der Waals surface area contributed by atoms with Gasteiger partial charge in [-0.15, -0.1) is 11.3 Å². The lowest BCUT2D eigenvalue weighted by Crippen LogP contribution is -2.41. The summed E-state index contributed by atoms with van der Waals surface area (Å²) in [5.41, 5.74) is 0.857. The molecule has 4 nitrogen and oxygen atoms in total. The zero-order chi connectivity index (χ0) is 14.8. The Kier molecular flexibility index (Phi) is 4.03. The number of hydrogen-bond acceptors (Lipinski definition) is 4. The monoisotopic (exact) mass is 302 g/mol. The van der Waals surface area contributed by atoms with Crippen LogP contribution in [0.15, 0.2) is 36.5 Å². The second kappa shape index (κ2) is 5.95. The average molecular weight is 302 g/mol. The molecule has 1 aliphatic rings. The Morgan fingerprint density at radius 3 is 2.76 bits per heavy atom. The van der Waals surface area contributed by atoms with Crippen molar-refractivity contribution in [3.05, 3.63) is 52.0 Å². The van der Waals surface area contributed by atoms with Crippen molar-refractivity contribution in [3.8, 4) is 0 Å². The normalized spacial score (nSPS) is 22.4. The van der Waals surface area contributed by atoms with Crippen molar-refractivity contribution in [3.63, 3.8) is 0 Å². The molecule has 0 saturated heterocycles. The van der Waals surface area contributed by atoms with Gasteiger partial charge in [0.05, 0.1) is 22.7 Å². The van der Waals surface area contributed by atoms with E-state index in [-0.39, 0.29) is 24.0 Å². The largest absolute Gasteiger partial charge is 0.393 e. The summed E-state index contributed by atoms with van der Waals surface area (Å²) in [7, 11) is 0. The number of nitrogens with one attached hydrogen (secondary N) is 1. The van der Waals surface area contributed by atoms with Gasteiger partial charge in [-0.2, -0.15) is 0 Å². The number of aliphatic hydroxyl groups is 1. The van der Waals surface area contributed by atoms with Crippen molar-refractivity contribution < 1.29 is 9.90 Å². The van der Waals surface area contributed by atoms with Crippen molar-refractivity contribution >= 4 is 17.2 Å². The zero-order valence-corrected chi connectivity index (χ0v) is 12.6. The van der Waals surface area contributed by atoms with E-state index >= 15 is 0 Å². The Labute approximate surface area is 127 Å². The summed E-state index contributed by atoms with van der Waals surface area (Å²) >= 11 is 1.49. The molecule has 1 amide bonds. The Morgan fingerprint density at radius 1 is 1.38 bits per heavy atom. The first kappa shape index (κ1) is 14.2. The molecule has 0 spiro atoms. The number of amides is 1. The maximum absolute atomic E-state index is 12.4. The van der Waals surface area contributed by atoms with Gasteiger partial charge in [0.15, 0.2) is 0 Å². The molecule has 5 heteroatoms. The van der Waals surface area contributed by atoms with Crippen LogP contribution in [0.1, 0.15) is 39.1 Å². The van der Waals surface area contributed by atoms with Crippen LogP contribution in [0.25, 0.3) is 0 Å². The summed E-state index contributed by atoms with van der Waals surface area (Å²) in [5, 5.41) is 12.6. The van der Waals surface area contributed by atoms with Crippen LogP contribution in [0.4, 0.5) is 0 Å². The second-order valence-corrected chi connectivity index (χ2v) is 6.79. The molecule has 3 rings (SSSR count). The summed E-state index contributed by atoms with van der Waals surface area (Å²) in [4.78, 5) is 18.6. The third-order valence-corrected chi connectivity index (χ3v) is 4.88. The number of carbonyl (C=O) groups excluding carboxylic acids is 1. The second-order valence-electron chi connectivity index (χ2n) is 5.50. The van der Waals surface area contributed by atoms with Crippen LogP contribution in [-0.4, -0.2) is 22.1 Å². The van der Waals surface area contributed by atoms with E-state index in [1.54, 1.807) is 6.20 Å². The van der Waals surface area contributed by atoms with Crippen LogP contribution in [0, 0.1) is 12.8 Å². The molecule has 1 atom stereocenters. The summed E-state index contributed by atoms with van der Waals surface area (Å²) < 4.78 is 0. The van der Waals surface area contributed by atoms with Crippen molar-refractivity contribution in [2.75, 3.05) is 0 Å². The quantitative estimate of drug-likeness (QED) is 0.913. The molecule has 110 valence electrons. The maximum Gasteiger partial charge on any atom is 0.261 e. The van der Waals surface area contributed by atoms with Gasteiger partial charge in [0, 0.05) is 11.1 Å². The standard InChI is InChI=1S/C16H18N2O2S/c1-10-5-6-14(21-10)16(20)18-15(11-8-12(19)9-11)13-4-2-3-7-17-13/h2-7,11-12,15,19H,8-9H2,1H3,(H,18,20)/t11?,12?,15-/m1/s1. The average Bonchev–Trinajstić information content (AvgIpc) is 2.89. The van der Waals surface area contributed by atoms with Gasteiger partial charge in [-0.05, 0) is 49.9 Å². The third kappa shape index (κ3) is 3.14. The fraction of sp³-hybridized carbons (Fsp3) is 0.375. The predicted octanol–water partition coefficient (Wildman–Crippen LogP) is 2.69. The molecule has 0 aliphatic heterocycles.